The van der Waals surface area contributed by atoms with Gasteiger partial charge in [0.25, 0.3) is 11.8 Å². The number of para-hydroxylation sites is 1. The first-order valence-electron chi connectivity index (χ1n) is 11.5. The molecule has 3 atom stereocenters. The Morgan fingerprint density at radius 1 is 1.20 bits per heavy atom. The molecule has 3 aromatic rings. The van der Waals surface area contributed by atoms with Gasteiger partial charge in [0.2, 0.25) is 0 Å². The van der Waals surface area contributed by atoms with E-state index >= 15 is 0 Å². The first-order chi connectivity index (χ1) is 17.0. The Kier molecular flexibility index (Phi) is 5.53. The van der Waals surface area contributed by atoms with Gasteiger partial charge in [0.05, 0.1) is 16.5 Å². The Balaban J connectivity index is 1.21. The van der Waals surface area contributed by atoms with E-state index in [0.717, 1.165) is 12.0 Å². The number of rotatable bonds is 5. The highest BCUT2D eigenvalue weighted by molar-refractivity contribution is 7.19. The zero-order valence-corrected chi connectivity index (χ0v) is 20.3. The number of anilines is 1. The van der Waals surface area contributed by atoms with E-state index in [1.54, 1.807) is 30.3 Å². The fraction of sp³-hybridized carbons (Fsp3) is 0.320. The third kappa shape index (κ3) is 4.08. The number of fused-ring (bicyclic) bond motifs is 2. The third-order valence-electron chi connectivity index (χ3n) is 6.78. The van der Waals surface area contributed by atoms with E-state index in [-0.39, 0.29) is 17.9 Å². The van der Waals surface area contributed by atoms with Gasteiger partial charge in [-0.05, 0) is 48.1 Å². The highest BCUT2D eigenvalue weighted by Gasteiger charge is 2.54. The van der Waals surface area contributed by atoms with Gasteiger partial charge < -0.3 is 25.4 Å². The van der Waals surface area contributed by atoms with Gasteiger partial charge in [-0.15, -0.1) is 0 Å². The number of ether oxygens (including phenoxy) is 2. The van der Waals surface area contributed by atoms with Crippen LogP contribution in [0, 0.1) is 11.8 Å². The van der Waals surface area contributed by atoms with Crippen molar-refractivity contribution in [2.24, 2.45) is 11.8 Å². The molecule has 10 heteroatoms. The number of nitrogens with two attached hydrogens (primary N) is 1. The van der Waals surface area contributed by atoms with Gasteiger partial charge in [0.15, 0.2) is 16.6 Å². The summed E-state index contributed by atoms with van der Waals surface area (Å²) in [5, 5.41) is 3.92. The monoisotopic (exact) mass is 510 g/mol. The molecule has 180 valence electrons. The van der Waals surface area contributed by atoms with Crippen molar-refractivity contribution in [2.75, 3.05) is 32.0 Å². The standard InChI is InChI=1S/C25H23ClN4O4S/c26-15-4-1-3-13(9-15)22-20(29-25(27)35-22)24(32)30-12-14-10-17(14)18(30)11-28-23(31)16-5-2-6-19-21(16)34-8-7-33-19/h1-6,9,14,17-18H,7-8,10-12H2,(H2,27,29)(H,28,31)/t14-,17-,18-/m1/s1. The van der Waals surface area contributed by atoms with E-state index in [1.807, 2.05) is 17.0 Å². The zero-order chi connectivity index (χ0) is 24.1. The maximum atomic E-state index is 13.7. The van der Waals surface area contributed by atoms with E-state index in [9.17, 15) is 9.59 Å². The van der Waals surface area contributed by atoms with Crippen LogP contribution < -0.4 is 20.5 Å². The Morgan fingerprint density at radius 2 is 2.03 bits per heavy atom. The summed E-state index contributed by atoms with van der Waals surface area (Å²) >= 11 is 7.45. The molecule has 0 radical (unpaired) electrons. The molecule has 2 aromatic carbocycles. The number of halogens is 1. The van der Waals surface area contributed by atoms with Crippen molar-refractivity contribution in [3.63, 3.8) is 0 Å². The molecule has 2 amide bonds. The third-order valence-corrected chi connectivity index (χ3v) is 7.95. The summed E-state index contributed by atoms with van der Waals surface area (Å²) in [6.07, 6.45) is 1.06. The van der Waals surface area contributed by atoms with Crippen LogP contribution in [-0.4, -0.2) is 54.0 Å². The predicted molar refractivity (Wildman–Crippen MR) is 133 cm³/mol. The number of nitrogens with zero attached hydrogens (tertiary/aromatic N) is 2. The Bertz CT molecular complexity index is 1330. The van der Waals surface area contributed by atoms with Crippen molar-refractivity contribution < 1.29 is 19.1 Å². The molecule has 6 rings (SSSR count). The second-order valence-corrected chi connectivity index (χ2v) is 10.4. The number of likely N-dealkylation sites (tertiary alicyclic amines) is 1. The van der Waals surface area contributed by atoms with Crippen molar-refractivity contribution in [3.8, 4) is 21.9 Å². The number of piperidine rings is 1. The highest BCUT2D eigenvalue weighted by Crippen LogP contribution is 2.50. The lowest BCUT2D eigenvalue weighted by molar-refractivity contribution is 0.0690. The summed E-state index contributed by atoms with van der Waals surface area (Å²) in [6.45, 7) is 1.85. The molecular formula is C25H23ClN4O4S. The van der Waals surface area contributed by atoms with Crippen LogP contribution in [0.3, 0.4) is 0 Å². The molecule has 8 nitrogen and oxygen atoms in total. The molecule has 2 fully saturated rings. The molecular weight excluding hydrogens is 488 g/mol. The molecule has 1 saturated heterocycles. The average molecular weight is 511 g/mol. The van der Waals surface area contributed by atoms with Crippen molar-refractivity contribution in [1.82, 2.24) is 15.2 Å². The van der Waals surface area contributed by atoms with Crippen LogP contribution in [0.4, 0.5) is 5.13 Å². The summed E-state index contributed by atoms with van der Waals surface area (Å²) in [4.78, 5) is 33.6. The summed E-state index contributed by atoms with van der Waals surface area (Å²) < 4.78 is 11.3. The average Bonchev–Trinajstić information content (AvgIpc) is 3.38. The van der Waals surface area contributed by atoms with Crippen LogP contribution in [-0.2, 0) is 0 Å². The fourth-order valence-corrected chi connectivity index (χ4v) is 6.07. The van der Waals surface area contributed by atoms with Crippen molar-refractivity contribution in [1.29, 1.82) is 0 Å². The van der Waals surface area contributed by atoms with Gasteiger partial charge in [0, 0.05) is 18.1 Å². The van der Waals surface area contributed by atoms with Crippen LogP contribution in [0.1, 0.15) is 27.3 Å². The number of benzene rings is 2. The zero-order valence-electron chi connectivity index (χ0n) is 18.7. The van der Waals surface area contributed by atoms with Crippen LogP contribution in [0.5, 0.6) is 11.5 Å². The SMILES string of the molecule is Nc1nc(C(=O)N2C[C@H]3C[C@H]3[C@H]2CNC(=O)c2cccc3c2OCCO3)c(-c2cccc(Cl)c2)s1. The second-order valence-electron chi connectivity index (χ2n) is 8.96. The minimum atomic E-state index is -0.249. The Morgan fingerprint density at radius 3 is 2.89 bits per heavy atom. The number of carbonyl (C=O) groups is 2. The molecule has 3 N–H and O–H groups in total. The molecule has 2 aliphatic heterocycles. The lowest BCUT2D eigenvalue weighted by atomic mass is 10.1. The van der Waals surface area contributed by atoms with E-state index in [2.05, 4.69) is 10.3 Å². The Labute approximate surface area is 211 Å². The van der Waals surface area contributed by atoms with E-state index < -0.39 is 0 Å². The van der Waals surface area contributed by atoms with Crippen LogP contribution >= 0.6 is 22.9 Å². The van der Waals surface area contributed by atoms with Crippen molar-refractivity contribution >= 4 is 39.9 Å². The van der Waals surface area contributed by atoms with Crippen LogP contribution in [0.2, 0.25) is 5.02 Å². The van der Waals surface area contributed by atoms with Gasteiger partial charge in [-0.2, -0.15) is 0 Å². The number of carbonyl (C=O) groups excluding carboxylic acids is 2. The molecule has 1 saturated carbocycles. The predicted octanol–water partition coefficient (Wildman–Crippen LogP) is 3.71. The summed E-state index contributed by atoms with van der Waals surface area (Å²) in [5.74, 6) is 1.43. The van der Waals surface area contributed by atoms with Gasteiger partial charge in [0.1, 0.15) is 18.9 Å². The van der Waals surface area contributed by atoms with Crippen molar-refractivity contribution in [3.05, 3.63) is 58.7 Å². The smallest absolute Gasteiger partial charge is 0.274 e. The molecule has 1 aliphatic carbocycles. The molecule has 1 aromatic heterocycles. The summed E-state index contributed by atoms with van der Waals surface area (Å²) in [7, 11) is 0. The number of hydrogen-bond acceptors (Lipinski definition) is 7. The number of hydrogen-bond donors (Lipinski definition) is 2. The minimum Gasteiger partial charge on any atom is -0.486 e. The number of nitrogens with one attached hydrogen (secondary N) is 1. The van der Waals surface area contributed by atoms with Gasteiger partial charge in [-0.1, -0.05) is 41.1 Å². The molecule has 35 heavy (non-hydrogen) atoms. The van der Waals surface area contributed by atoms with Gasteiger partial charge in [-0.3, -0.25) is 9.59 Å². The van der Waals surface area contributed by atoms with Gasteiger partial charge in [-0.25, -0.2) is 4.98 Å². The van der Waals surface area contributed by atoms with Crippen molar-refractivity contribution in [2.45, 2.75) is 12.5 Å². The highest BCUT2D eigenvalue weighted by atomic mass is 35.5. The second kappa shape index (κ2) is 8.73. The minimum absolute atomic E-state index is 0.108. The van der Waals surface area contributed by atoms with E-state index in [4.69, 9.17) is 26.8 Å². The number of thiazole rings is 1. The molecule has 0 unspecified atom stereocenters. The molecule has 0 spiro atoms. The van der Waals surface area contributed by atoms with Crippen LogP contribution in [0.25, 0.3) is 10.4 Å². The topological polar surface area (TPSA) is 107 Å². The van der Waals surface area contributed by atoms with Gasteiger partial charge >= 0.3 is 0 Å². The van der Waals surface area contributed by atoms with Crippen LogP contribution in [0.15, 0.2) is 42.5 Å². The number of amides is 2. The lowest BCUT2D eigenvalue weighted by Gasteiger charge is -2.28. The maximum Gasteiger partial charge on any atom is 0.274 e. The molecule has 3 aliphatic rings. The molecule has 3 heterocycles. The van der Waals surface area contributed by atoms with E-state index in [0.29, 0.717) is 75.9 Å². The van der Waals surface area contributed by atoms with E-state index in [1.165, 1.54) is 11.3 Å². The summed E-state index contributed by atoms with van der Waals surface area (Å²) in [6, 6.07) is 12.5. The normalized spacial score (nSPS) is 22.0. The molecule has 0 bridgehead atoms. The maximum absolute atomic E-state index is 13.7. The number of nitrogen functional groups attached to an aromatic ring is 1. The fourth-order valence-electron chi connectivity index (χ4n) is 5.05. The quantitative estimate of drug-likeness (QED) is 0.542. The Hall–Kier alpha value is -3.30. The number of aromatic nitrogens is 1. The largest absolute Gasteiger partial charge is 0.486 e. The lowest BCUT2D eigenvalue weighted by Crippen LogP contribution is -2.45. The first-order valence-corrected chi connectivity index (χ1v) is 12.7. The summed E-state index contributed by atoms with van der Waals surface area (Å²) in [5.41, 5.74) is 7.57. The first kappa shape index (κ1) is 22.2.